The van der Waals surface area contributed by atoms with Crippen molar-refractivity contribution in [2.45, 2.75) is 20.0 Å². The average molecular weight is 238 g/mol. The number of aliphatic imine (C=N–C) groups is 1. The summed E-state index contributed by atoms with van der Waals surface area (Å²) < 4.78 is 5.87. The number of fused-ring (bicyclic) bond motifs is 1. The minimum atomic E-state index is 0.00991. The molecule has 1 aromatic heterocycles. The molecule has 0 N–H and O–H groups in total. The van der Waals surface area contributed by atoms with Crippen LogP contribution < -0.4 is 0 Å². The zero-order chi connectivity index (χ0) is 12.5. The number of hydrogen-bond acceptors (Lipinski definition) is 3. The third kappa shape index (κ3) is 1.78. The Labute approximate surface area is 106 Å². The van der Waals surface area contributed by atoms with Gasteiger partial charge in [0.1, 0.15) is 11.8 Å². The van der Waals surface area contributed by atoms with Gasteiger partial charge in [0.2, 0.25) is 5.90 Å². The Bertz CT molecular complexity index is 605. The molecule has 0 saturated carbocycles. The standard InChI is InChI=1S/C15H14N2O/c1-10-6-5-8-12-14(10)11(2)18-15(17-12)13-7-3-4-9-16-13/h3-9,11H,1-2H3. The molecule has 1 aliphatic rings. The fraction of sp³-hybridized carbons (Fsp3) is 0.200. The first-order valence-electron chi connectivity index (χ1n) is 6.02. The second kappa shape index (κ2) is 4.26. The highest BCUT2D eigenvalue weighted by Crippen LogP contribution is 2.35. The molecule has 2 heterocycles. The summed E-state index contributed by atoms with van der Waals surface area (Å²) >= 11 is 0. The second-order valence-corrected chi connectivity index (χ2v) is 4.40. The van der Waals surface area contributed by atoms with Gasteiger partial charge in [0, 0.05) is 11.8 Å². The fourth-order valence-corrected chi connectivity index (χ4v) is 2.26. The van der Waals surface area contributed by atoms with Gasteiger partial charge >= 0.3 is 0 Å². The molecule has 3 heteroatoms. The number of rotatable bonds is 1. The summed E-state index contributed by atoms with van der Waals surface area (Å²) in [7, 11) is 0. The maximum absolute atomic E-state index is 5.87. The Balaban J connectivity index is 2.11. The van der Waals surface area contributed by atoms with Crippen LogP contribution in [0.3, 0.4) is 0 Å². The van der Waals surface area contributed by atoms with Crippen molar-refractivity contribution in [2.24, 2.45) is 4.99 Å². The molecule has 1 unspecified atom stereocenters. The van der Waals surface area contributed by atoms with E-state index in [0.29, 0.717) is 5.90 Å². The Kier molecular flexibility index (Phi) is 2.59. The zero-order valence-electron chi connectivity index (χ0n) is 10.4. The lowest BCUT2D eigenvalue weighted by Crippen LogP contribution is -2.16. The fourth-order valence-electron chi connectivity index (χ4n) is 2.26. The molecule has 0 amide bonds. The van der Waals surface area contributed by atoms with Crippen molar-refractivity contribution in [1.82, 2.24) is 4.98 Å². The zero-order valence-corrected chi connectivity index (χ0v) is 10.4. The molecule has 2 aromatic rings. The third-order valence-corrected chi connectivity index (χ3v) is 3.10. The number of hydrogen-bond donors (Lipinski definition) is 0. The largest absolute Gasteiger partial charge is 0.468 e. The van der Waals surface area contributed by atoms with Crippen molar-refractivity contribution in [3.05, 3.63) is 59.4 Å². The first-order valence-corrected chi connectivity index (χ1v) is 6.02. The number of pyridine rings is 1. The lowest BCUT2D eigenvalue weighted by Gasteiger charge is -2.24. The van der Waals surface area contributed by atoms with Gasteiger partial charge in [-0.05, 0) is 37.6 Å². The summed E-state index contributed by atoms with van der Waals surface area (Å²) in [6, 6.07) is 11.8. The average Bonchev–Trinajstić information content (AvgIpc) is 2.39. The van der Waals surface area contributed by atoms with E-state index in [1.807, 2.05) is 37.3 Å². The molecule has 1 aliphatic heterocycles. The van der Waals surface area contributed by atoms with Gasteiger partial charge in [0.25, 0.3) is 0 Å². The van der Waals surface area contributed by atoms with Gasteiger partial charge in [-0.25, -0.2) is 4.99 Å². The highest BCUT2D eigenvalue weighted by atomic mass is 16.5. The number of aryl methyl sites for hydroxylation is 1. The lowest BCUT2D eigenvalue weighted by atomic mass is 10.0. The molecule has 1 atom stereocenters. The summed E-state index contributed by atoms with van der Waals surface area (Å²) in [5.74, 6) is 0.598. The van der Waals surface area contributed by atoms with E-state index in [1.165, 1.54) is 5.56 Å². The summed E-state index contributed by atoms with van der Waals surface area (Å²) in [5, 5.41) is 0. The molecule has 90 valence electrons. The van der Waals surface area contributed by atoms with E-state index in [1.54, 1.807) is 6.20 Å². The van der Waals surface area contributed by atoms with Crippen LogP contribution in [0.25, 0.3) is 0 Å². The van der Waals surface area contributed by atoms with Crippen LogP contribution in [0.1, 0.15) is 29.8 Å². The smallest absolute Gasteiger partial charge is 0.241 e. The highest BCUT2D eigenvalue weighted by Gasteiger charge is 2.22. The quantitative estimate of drug-likeness (QED) is 0.761. The summed E-state index contributed by atoms with van der Waals surface area (Å²) in [4.78, 5) is 8.84. The summed E-state index contributed by atoms with van der Waals surface area (Å²) in [5.41, 5.74) is 4.13. The Morgan fingerprint density at radius 1 is 1.11 bits per heavy atom. The van der Waals surface area contributed by atoms with Crippen LogP contribution >= 0.6 is 0 Å². The van der Waals surface area contributed by atoms with Gasteiger partial charge < -0.3 is 4.74 Å². The van der Waals surface area contributed by atoms with E-state index in [0.717, 1.165) is 16.9 Å². The van der Waals surface area contributed by atoms with Crippen LogP contribution in [-0.2, 0) is 4.74 Å². The minimum absolute atomic E-state index is 0.00991. The first-order chi connectivity index (χ1) is 8.75. The number of aromatic nitrogens is 1. The Morgan fingerprint density at radius 3 is 2.78 bits per heavy atom. The van der Waals surface area contributed by atoms with Crippen molar-refractivity contribution in [2.75, 3.05) is 0 Å². The second-order valence-electron chi connectivity index (χ2n) is 4.40. The van der Waals surface area contributed by atoms with Crippen LogP contribution in [0, 0.1) is 6.92 Å². The third-order valence-electron chi connectivity index (χ3n) is 3.10. The molecule has 0 saturated heterocycles. The van der Waals surface area contributed by atoms with Gasteiger partial charge in [-0.15, -0.1) is 0 Å². The van der Waals surface area contributed by atoms with E-state index in [2.05, 4.69) is 23.0 Å². The molecule has 1 aromatic carbocycles. The minimum Gasteiger partial charge on any atom is -0.468 e. The van der Waals surface area contributed by atoms with Gasteiger partial charge in [0.15, 0.2) is 0 Å². The van der Waals surface area contributed by atoms with E-state index in [9.17, 15) is 0 Å². The summed E-state index contributed by atoms with van der Waals surface area (Å²) in [6.07, 6.45) is 1.76. The van der Waals surface area contributed by atoms with Crippen LogP contribution in [0.5, 0.6) is 0 Å². The molecule has 0 radical (unpaired) electrons. The molecule has 0 bridgehead atoms. The van der Waals surface area contributed by atoms with Crippen molar-refractivity contribution < 1.29 is 4.74 Å². The predicted octanol–water partition coefficient (Wildman–Crippen LogP) is 3.56. The van der Waals surface area contributed by atoms with Crippen LogP contribution in [0.2, 0.25) is 0 Å². The van der Waals surface area contributed by atoms with Crippen molar-refractivity contribution in [3.8, 4) is 0 Å². The molecule has 0 spiro atoms. The predicted molar refractivity (Wildman–Crippen MR) is 71.1 cm³/mol. The SMILES string of the molecule is Cc1cccc2c1C(C)OC(c1ccccn1)=N2. The van der Waals surface area contributed by atoms with Gasteiger partial charge in [-0.3, -0.25) is 4.98 Å². The number of benzene rings is 1. The van der Waals surface area contributed by atoms with Gasteiger partial charge in [0.05, 0.1) is 5.69 Å². The summed E-state index contributed by atoms with van der Waals surface area (Å²) in [6.45, 7) is 4.13. The van der Waals surface area contributed by atoms with Crippen LogP contribution in [0.4, 0.5) is 5.69 Å². The normalized spacial score (nSPS) is 17.7. The monoisotopic (exact) mass is 238 g/mol. The molecule has 0 fully saturated rings. The molecular formula is C15H14N2O. The topological polar surface area (TPSA) is 34.5 Å². The molecule has 0 aliphatic carbocycles. The van der Waals surface area contributed by atoms with Gasteiger partial charge in [-0.2, -0.15) is 0 Å². The molecule has 3 nitrogen and oxygen atoms in total. The lowest BCUT2D eigenvalue weighted by molar-refractivity contribution is 0.207. The molecule has 18 heavy (non-hydrogen) atoms. The number of ether oxygens (including phenoxy) is 1. The maximum atomic E-state index is 5.87. The first kappa shape index (κ1) is 11.0. The molecule has 3 rings (SSSR count). The Hall–Kier alpha value is -2.16. The van der Waals surface area contributed by atoms with Crippen LogP contribution in [0.15, 0.2) is 47.6 Å². The van der Waals surface area contributed by atoms with Crippen molar-refractivity contribution >= 4 is 11.6 Å². The van der Waals surface area contributed by atoms with E-state index in [4.69, 9.17) is 4.74 Å². The van der Waals surface area contributed by atoms with Crippen LogP contribution in [-0.4, -0.2) is 10.9 Å². The highest BCUT2D eigenvalue weighted by molar-refractivity contribution is 5.95. The van der Waals surface area contributed by atoms with Crippen molar-refractivity contribution in [3.63, 3.8) is 0 Å². The number of nitrogens with zero attached hydrogens (tertiary/aromatic N) is 2. The van der Waals surface area contributed by atoms with Crippen molar-refractivity contribution in [1.29, 1.82) is 0 Å². The maximum Gasteiger partial charge on any atom is 0.241 e. The molecular weight excluding hydrogens is 224 g/mol. The van der Waals surface area contributed by atoms with E-state index >= 15 is 0 Å². The van der Waals surface area contributed by atoms with E-state index in [-0.39, 0.29) is 6.10 Å². The van der Waals surface area contributed by atoms with Gasteiger partial charge in [-0.1, -0.05) is 18.2 Å². The Morgan fingerprint density at radius 2 is 2.00 bits per heavy atom. The van der Waals surface area contributed by atoms with E-state index < -0.39 is 0 Å².